The van der Waals surface area contributed by atoms with Crippen LogP contribution in [0.25, 0.3) is 0 Å². The quantitative estimate of drug-likeness (QED) is 0.842. The molecule has 5 nitrogen and oxygen atoms in total. The average Bonchev–Trinajstić information content (AvgIpc) is 2.64. The summed E-state index contributed by atoms with van der Waals surface area (Å²) in [5.41, 5.74) is 8.14. The lowest BCUT2D eigenvalue weighted by Crippen LogP contribution is -2.42. The molecule has 5 heteroatoms. The molecule has 1 aliphatic heterocycles. The zero-order valence-electron chi connectivity index (χ0n) is 14.2. The van der Waals surface area contributed by atoms with E-state index < -0.39 is 0 Å². The fraction of sp³-hybridized carbons (Fsp3) is 0.300. The van der Waals surface area contributed by atoms with Gasteiger partial charge in [-0.3, -0.25) is 9.59 Å². The minimum Gasteiger partial charge on any atom is -0.399 e. The number of carbonyl (C=O) groups excluding carboxylic acids is 2. The second kappa shape index (κ2) is 7.83. The van der Waals surface area contributed by atoms with E-state index in [1.54, 1.807) is 0 Å². The fourth-order valence-electron chi connectivity index (χ4n) is 3.08. The number of para-hydroxylation sites is 1. The molecule has 3 N–H and O–H groups in total. The van der Waals surface area contributed by atoms with Crippen LogP contribution in [-0.2, 0) is 16.0 Å². The number of nitrogen functional groups attached to an aromatic ring is 1. The summed E-state index contributed by atoms with van der Waals surface area (Å²) in [7, 11) is 0. The number of carbonyl (C=O) groups is 2. The number of nitrogens with two attached hydrogens (primary N) is 1. The van der Waals surface area contributed by atoms with Gasteiger partial charge < -0.3 is 16.0 Å². The van der Waals surface area contributed by atoms with Crippen LogP contribution in [0.5, 0.6) is 0 Å². The maximum Gasteiger partial charge on any atom is 0.227 e. The Morgan fingerprint density at radius 3 is 2.28 bits per heavy atom. The third-order valence-corrected chi connectivity index (χ3v) is 4.59. The lowest BCUT2D eigenvalue weighted by atomic mass is 9.95. The van der Waals surface area contributed by atoms with E-state index in [1.807, 2.05) is 59.5 Å². The molecule has 1 heterocycles. The van der Waals surface area contributed by atoms with Crippen molar-refractivity contribution in [3.8, 4) is 0 Å². The van der Waals surface area contributed by atoms with Crippen LogP contribution >= 0.6 is 0 Å². The van der Waals surface area contributed by atoms with Crippen molar-refractivity contribution in [2.45, 2.75) is 19.3 Å². The second-order valence-electron chi connectivity index (χ2n) is 6.43. The van der Waals surface area contributed by atoms with Gasteiger partial charge in [-0.15, -0.1) is 0 Å². The first-order chi connectivity index (χ1) is 12.1. The molecule has 1 fully saturated rings. The van der Waals surface area contributed by atoms with Crippen LogP contribution in [0.2, 0.25) is 0 Å². The van der Waals surface area contributed by atoms with E-state index in [4.69, 9.17) is 5.73 Å². The van der Waals surface area contributed by atoms with E-state index >= 15 is 0 Å². The summed E-state index contributed by atoms with van der Waals surface area (Å²) < 4.78 is 0. The highest BCUT2D eigenvalue weighted by atomic mass is 16.2. The zero-order chi connectivity index (χ0) is 17.6. The molecule has 2 aromatic rings. The third-order valence-electron chi connectivity index (χ3n) is 4.59. The number of anilines is 2. The summed E-state index contributed by atoms with van der Waals surface area (Å²) >= 11 is 0. The predicted octanol–water partition coefficient (Wildman–Crippen LogP) is 2.69. The Kier molecular flexibility index (Phi) is 5.33. The van der Waals surface area contributed by atoms with Crippen molar-refractivity contribution in [3.05, 3.63) is 60.2 Å². The van der Waals surface area contributed by atoms with Crippen molar-refractivity contribution in [2.24, 2.45) is 5.92 Å². The molecule has 0 bridgehead atoms. The monoisotopic (exact) mass is 337 g/mol. The van der Waals surface area contributed by atoms with Crippen LogP contribution in [0.1, 0.15) is 18.4 Å². The predicted molar refractivity (Wildman–Crippen MR) is 98.9 cm³/mol. The molecular formula is C20H23N3O2. The van der Waals surface area contributed by atoms with Gasteiger partial charge in [-0.2, -0.15) is 0 Å². The summed E-state index contributed by atoms with van der Waals surface area (Å²) in [4.78, 5) is 26.6. The number of amides is 2. The highest BCUT2D eigenvalue weighted by Gasteiger charge is 2.27. The Morgan fingerprint density at radius 2 is 1.64 bits per heavy atom. The molecule has 130 valence electrons. The first-order valence-electron chi connectivity index (χ1n) is 8.60. The first-order valence-corrected chi connectivity index (χ1v) is 8.60. The van der Waals surface area contributed by atoms with Gasteiger partial charge in [0.25, 0.3) is 0 Å². The Labute approximate surface area is 147 Å². The SMILES string of the molecule is Nc1ccc(CC(=O)N2CCC(C(=O)Nc3ccccc3)CC2)cc1. The number of likely N-dealkylation sites (tertiary alicyclic amines) is 1. The standard InChI is InChI=1S/C20H23N3O2/c21-17-8-6-15(7-9-17)14-19(24)23-12-10-16(11-13-23)20(25)22-18-4-2-1-3-5-18/h1-9,16H,10-14,21H2,(H,22,25). The number of nitrogens with one attached hydrogen (secondary N) is 1. The molecule has 0 aliphatic carbocycles. The fourth-order valence-corrected chi connectivity index (χ4v) is 3.08. The maximum atomic E-state index is 12.4. The van der Waals surface area contributed by atoms with Crippen molar-refractivity contribution in [3.63, 3.8) is 0 Å². The van der Waals surface area contributed by atoms with E-state index in [0.29, 0.717) is 38.0 Å². The van der Waals surface area contributed by atoms with Gasteiger partial charge in [0.2, 0.25) is 11.8 Å². The molecule has 25 heavy (non-hydrogen) atoms. The van der Waals surface area contributed by atoms with E-state index in [9.17, 15) is 9.59 Å². The van der Waals surface area contributed by atoms with Crippen molar-refractivity contribution < 1.29 is 9.59 Å². The number of piperidine rings is 1. The molecule has 0 radical (unpaired) electrons. The molecule has 2 aromatic carbocycles. The van der Waals surface area contributed by atoms with Gasteiger partial charge in [0.15, 0.2) is 0 Å². The molecule has 0 atom stereocenters. The van der Waals surface area contributed by atoms with Crippen LogP contribution in [0, 0.1) is 5.92 Å². The summed E-state index contributed by atoms with van der Waals surface area (Å²) in [6.07, 6.45) is 1.78. The number of hydrogen-bond donors (Lipinski definition) is 2. The van der Waals surface area contributed by atoms with Crippen LogP contribution < -0.4 is 11.1 Å². The largest absolute Gasteiger partial charge is 0.399 e. The molecule has 0 unspecified atom stereocenters. The van der Waals surface area contributed by atoms with Crippen molar-refractivity contribution in [1.29, 1.82) is 0 Å². The number of rotatable bonds is 4. The Bertz CT molecular complexity index is 720. The molecule has 3 rings (SSSR count). The van der Waals surface area contributed by atoms with E-state index in [-0.39, 0.29) is 17.7 Å². The third kappa shape index (κ3) is 4.59. The van der Waals surface area contributed by atoms with E-state index in [0.717, 1.165) is 11.3 Å². The number of nitrogens with zero attached hydrogens (tertiary/aromatic N) is 1. The van der Waals surface area contributed by atoms with Gasteiger partial charge in [-0.05, 0) is 42.7 Å². The smallest absolute Gasteiger partial charge is 0.227 e. The summed E-state index contributed by atoms with van der Waals surface area (Å²) in [6, 6.07) is 16.8. The zero-order valence-corrected chi connectivity index (χ0v) is 14.2. The van der Waals surface area contributed by atoms with E-state index in [2.05, 4.69) is 5.32 Å². The lowest BCUT2D eigenvalue weighted by Gasteiger charge is -2.31. The van der Waals surface area contributed by atoms with Gasteiger partial charge in [0.1, 0.15) is 0 Å². The van der Waals surface area contributed by atoms with Gasteiger partial charge >= 0.3 is 0 Å². The van der Waals surface area contributed by atoms with Gasteiger partial charge in [-0.1, -0.05) is 30.3 Å². The second-order valence-corrected chi connectivity index (χ2v) is 6.43. The topological polar surface area (TPSA) is 75.4 Å². The minimum absolute atomic E-state index is 0.0387. The Hall–Kier alpha value is -2.82. The van der Waals surface area contributed by atoms with Crippen molar-refractivity contribution in [2.75, 3.05) is 24.1 Å². The summed E-state index contributed by atoms with van der Waals surface area (Å²) in [6.45, 7) is 1.25. The van der Waals surface area contributed by atoms with Crippen LogP contribution in [0.15, 0.2) is 54.6 Å². The van der Waals surface area contributed by atoms with Gasteiger partial charge in [-0.25, -0.2) is 0 Å². The first kappa shape index (κ1) is 17.0. The highest BCUT2D eigenvalue weighted by Crippen LogP contribution is 2.20. The average molecular weight is 337 g/mol. The molecular weight excluding hydrogens is 314 g/mol. The number of benzene rings is 2. The lowest BCUT2D eigenvalue weighted by molar-refractivity contribution is -0.133. The Morgan fingerprint density at radius 1 is 1.00 bits per heavy atom. The maximum absolute atomic E-state index is 12.4. The highest BCUT2D eigenvalue weighted by molar-refractivity contribution is 5.92. The molecule has 1 aliphatic rings. The Balaban J connectivity index is 1.48. The minimum atomic E-state index is -0.0409. The van der Waals surface area contributed by atoms with Crippen LogP contribution in [0.4, 0.5) is 11.4 Å². The summed E-state index contributed by atoms with van der Waals surface area (Å²) in [5.74, 6) is 0.101. The van der Waals surface area contributed by atoms with Crippen LogP contribution in [-0.4, -0.2) is 29.8 Å². The van der Waals surface area contributed by atoms with Gasteiger partial charge in [0.05, 0.1) is 6.42 Å². The number of hydrogen-bond acceptors (Lipinski definition) is 3. The van der Waals surface area contributed by atoms with Crippen molar-refractivity contribution in [1.82, 2.24) is 4.90 Å². The molecule has 0 saturated carbocycles. The van der Waals surface area contributed by atoms with E-state index in [1.165, 1.54) is 0 Å². The molecule has 0 spiro atoms. The molecule has 1 saturated heterocycles. The summed E-state index contributed by atoms with van der Waals surface area (Å²) in [5, 5.41) is 2.95. The normalized spacial score (nSPS) is 15.0. The van der Waals surface area contributed by atoms with Crippen molar-refractivity contribution >= 4 is 23.2 Å². The van der Waals surface area contributed by atoms with Crippen LogP contribution in [0.3, 0.4) is 0 Å². The molecule has 0 aromatic heterocycles. The molecule has 2 amide bonds. The van der Waals surface area contributed by atoms with Gasteiger partial charge in [0, 0.05) is 30.4 Å².